The molecule has 0 amide bonds. The highest BCUT2D eigenvalue weighted by Gasteiger charge is 2.16. The fourth-order valence-electron chi connectivity index (χ4n) is 3.10. The van der Waals surface area contributed by atoms with Crippen LogP contribution in [0.4, 0.5) is 0 Å². The number of imidazole rings is 3. The molecule has 0 aliphatic carbocycles. The van der Waals surface area contributed by atoms with E-state index in [4.69, 9.17) is 15.0 Å². The van der Waals surface area contributed by atoms with Gasteiger partial charge in [-0.25, -0.2) is 15.0 Å². The Kier molecular flexibility index (Phi) is 5.06. The number of nitrogens with zero attached hydrogens (tertiary/aromatic N) is 3. The Morgan fingerprint density at radius 1 is 0.600 bits per heavy atom. The van der Waals surface area contributed by atoms with Gasteiger partial charge in [-0.2, -0.15) is 0 Å². The predicted molar refractivity (Wildman–Crippen MR) is 99.0 cm³/mol. The highest BCUT2D eigenvalue weighted by atomic mass is 15.0. The van der Waals surface area contributed by atoms with Crippen LogP contribution >= 0.6 is 0 Å². The van der Waals surface area contributed by atoms with Crippen LogP contribution in [-0.4, -0.2) is 29.9 Å². The van der Waals surface area contributed by atoms with Gasteiger partial charge in [0.2, 0.25) is 0 Å². The Balaban J connectivity index is 1.89. The van der Waals surface area contributed by atoms with Crippen molar-refractivity contribution in [2.75, 3.05) is 0 Å². The summed E-state index contributed by atoms with van der Waals surface area (Å²) < 4.78 is 0. The van der Waals surface area contributed by atoms with E-state index in [-0.39, 0.29) is 0 Å². The first-order valence-corrected chi connectivity index (χ1v) is 9.19. The molecular formula is C19H28N6. The zero-order valence-corrected chi connectivity index (χ0v) is 15.9. The first kappa shape index (κ1) is 17.5. The lowest BCUT2D eigenvalue weighted by molar-refractivity contribution is 0.938. The quantitative estimate of drug-likeness (QED) is 0.616. The Hall–Kier alpha value is -2.37. The monoisotopic (exact) mass is 340 g/mol. The zero-order valence-electron chi connectivity index (χ0n) is 15.9. The molecule has 6 nitrogen and oxygen atoms in total. The second-order valence-corrected chi connectivity index (χ2v) is 6.53. The second-order valence-electron chi connectivity index (χ2n) is 6.53. The number of aromatic amines is 3. The van der Waals surface area contributed by atoms with Crippen molar-refractivity contribution in [3.63, 3.8) is 0 Å². The fourth-order valence-corrected chi connectivity index (χ4v) is 3.10. The van der Waals surface area contributed by atoms with E-state index < -0.39 is 0 Å². The summed E-state index contributed by atoms with van der Waals surface area (Å²) in [5.74, 6) is 3.11. The molecule has 6 heteroatoms. The molecule has 0 aliphatic heterocycles. The smallest absolute Gasteiger partial charge is 0.106 e. The Morgan fingerprint density at radius 3 is 1.52 bits per heavy atom. The molecule has 0 spiro atoms. The van der Waals surface area contributed by atoms with Gasteiger partial charge in [0.25, 0.3) is 0 Å². The van der Waals surface area contributed by atoms with E-state index in [2.05, 4.69) is 49.6 Å². The number of nitrogens with one attached hydrogen (secondary N) is 3. The minimum Gasteiger partial charge on any atom is -0.346 e. The molecule has 0 atom stereocenters. The third kappa shape index (κ3) is 3.67. The molecule has 3 N–H and O–H groups in total. The van der Waals surface area contributed by atoms with Gasteiger partial charge in [0.1, 0.15) is 17.5 Å². The van der Waals surface area contributed by atoms with Gasteiger partial charge >= 0.3 is 0 Å². The third-order valence-electron chi connectivity index (χ3n) is 4.67. The molecule has 3 rings (SSSR count). The first-order valence-electron chi connectivity index (χ1n) is 9.19. The van der Waals surface area contributed by atoms with Crippen LogP contribution < -0.4 is 0 Å². The van der Waals surface area contributed by atoms with Crippen molar-refractivity contribution >= 4 is 0 Å². The number of aromatic nitrogens is 6. The fraction of sp³-hybridized carbons (Fsp3) is 0.526. The van der Waals surface area contributed by atoms with Crippen LogP contribution in [-0.2, 0) is 32.1 Å². The van der Waals surface area contributed by atoms with Crippen molar-refractivity contribution in [2.45, 2.75) is 66.7 Å². The van der Waals surface area contributed by atoms with Crippen LogP contribution in [0.25, 0.3) is 0 Å². The van der Waals surface area contributed by atoms with E-state index in [0.29, 0.717) is 0 Å². The van der Waals surface area contributed by atoms with Crippen molar-refractivity contribution in [1.82, 2.24) is 29.9 Å². The maximum atomic E-state index is 4.81. The average Bonchev–Trinajstić information content (AvgIpc) is 3.27. The lowest BCUT2D eigenvalue weighted by atomic mass is 10.1. The van der Waals surface area contributed by atoms with E-state index in [1.807, 2.05) is 0 Å². The summed E-state index contributed by atoms with van der Waals surface area (Å²) >= 11 is 0. The standard InChI is InChI=1S/C19H28N6/c1-6-17-20-11(4)13(22-17)9-15-16(25-19(8-3)24-15)10-14-12(5)21-18(7-2)23-14/h6-10H2,1-5H3,(H,20,22)(H,21,23)(H,24,25). The highest BCUT2D eigenvalue weighted by Crippen LogP contribution is 2.19. The lowest BCUT2D eigenvalue weighted by Gasteiger charge is -2.01. The molecule has 3 aromatic rings. The topological polar surface area (TPSA) is 86.0 Å². The zero-order chi connectivity index (χ0) is 18.0. The number of aryl methyl sites for hydroxylation is 5. The molecule has 0 saturated carbocycles. The van der Waals surface area contributed by atoms with Gasteiger partial charge in [-0.15, -0.1) is 0 Å². The van der Waals surface area contributed by atoms with Crippen LogP contribution in [0.3, 0.4) is 0 Å². The van der Waals surface area contributed by atoms with Gasteiger partial charge in [-0.05, 0) is 13.8 Å². The maximum Gasteiger partial charge on any atom is 0.106 e. The van der Waals surface area contributed by atoms with Crippen molar-refractivity contribution in [3.05, 3.63) is 51.6 Å². The summed E-state index contributed by atoms with van der Waals surface area (Å²) in [6.45, 7) is 10.5. The van der Waals surface area contributed by atoms with E-state index in [9.17, 15) is 0 Å². The highest BCUT2D eigenvalue weighted by molar-refractivity contribution is 5.29. The number of hydrogen-bond acceptors (Lipinski definition) is 3. The molecular weight excluding hydrogens is 312 g/mol. The summed E-state index contributed by atoms with van der Waals surface area (Å²) in [7, 11) is 0. The van der Waals surface area contributed by atoms with E-state index in [0.717, 1.165) is 83.7 Å². The van der Waals surface area contributed by atoms with Crippen LogP contribution in [0.2, 0.25) is 0 Å². The van der Waals surface area contributed by atoms with Crippen LogP contribution in [0.1, 0.15) is 72.4 Å². The van der Waals surface area contributed by atoms with Crippen LogP contribution in [0.5, 0.6) is 0 Å². The predicted octanol–water partition coefficient (Wildman–Crippen LogP) is 3.34. The number of rotatable bonds is 7. The number of hydrogen-bond donors (Lipinski definition) is 3. The molecule has 3 heterocycles. The van der Waals surface area contributed by atoms with Crippen molar-refractivity contribution in [3.8, 4) is 0 Å². The summed E-state index contributed by atoms with van der Waals surface area (Å²) in [5, 5.41) is 0. The molecule has 0 aliphatic rings. The Morgan fingerprint density at radius 2 is 1.04 bits per heavy atom. The molecule has 0 fully saturated rings. The summed E-state index contributed by atoms with van der Waals surface area (Å²) in [6, 6.07) is 0. The molecule has 25 heavy (non-hydrogen) atoms. The largest absolute Gasteiger partial charge is 0.346 e. The van der Waals surface area contributed by atoms with Gasteiger partial charge in [0.05, 0.1) is 17.1 Å². The average molecular weight is 340 g/mol. The summed E-state index contributed by atoms with van der Waals surface area (Å²) in [4.78, 5) is 24.4. The van der Waals surface area contributed by atoms with Gasteiger partial charge < -0.3 is 15.0 Å². The van der Waals surface area contributed by atoms with Gasteiger partial charge in [0, 0.05) is 49.2 Å². The second kappa shape index (κ2) is 7.25. The summed E-state index contributed by atoms with van der Waals surface area (Å²) in [5.41, 5.74) is 6.68. The number of H-pyrrole nitrogens is 3. The summed E-state index contributed by atoms with van der Waals surface area (Å²) in [6.07, 6.45) is 4.25. The Bertz CT molecular complexity index is 784. The minimum absolute atomic E-state index is 0.748. The van der Waals surface area contributed by atoms with Crippen molar-refractivity contribution in [2.24, 2.45) is 0 Å². The van der Waals surface area contributed by atoms with Gasteiger partial charge in [-0.3, -0.25) is 0 Å². The molecule has 134 valence electrons. The molecule has 0 bridgehead atoms. The van der Waals surface area contributed by atoms with Crippen molar-refractivity contribution in [1.29, 1.82) is 0 Å². The van der Waals surface area contributed by atoms with E-state index in [1.165, 1.54) is 0 Å². The van der Waals surface area contributed by atoms with E-state index >= 15 is 0 Å². The molecule has 0 unspecified atom stereocenters. The van der Waals surface area contributed by atoms with Gasteiger partial charge in [-0.1, -0.05) is 20.8 Å². The Labute approximate surface area is 148 Å². The normalized spacial score (nSPS) is 11.4. The minimum atomic E-state index is 0.748. The maximum absolute atomic E-state index is 4.81. The SMILES string of the molecule is CCc1nc(Cc2nc(CC)[nH]c2Cc2nc(CC)[nH]c2C)c(C)[nH]1. The molecule has 0 aromatic carbocycles. The van der Waals surface area contributed by atoms with E-state index in [1.54, 1.807) is 0 Å². The molecule has 0 saturated heterocycles. The third-order valence-corrected chi connectivity index (χ3v) is 4.67. The first-order chi connectivity index (χ1) is 12.0. The molecule has 0 radical (unpaired) electrons. The van der Waals surface area contributed by atoms with Crippen LogP contribution in [0, 0.1) is 13.8 Å². The van der Waals surface area contributed by atoms with Crippen molar-refractivity contribution < 1.29 is 0 Å². The lowest BCUT2D eigenvalue weighted by Crippen LogP contribution is -2.00. The molecule has 3 aromatic heterocycles. The van der Waals surface area contributed by atoms with Gasteiger partial charge in [0.15, 0.2) is 0 Å². The van der Waals surface area contributed by atoms with Crippen LogP contribution in [0.15, 0.2) is 0 Å².